The molecule has 2 aliphatic carbocycles. The van der Waals surface area contributed by atoms with Crippen LogP contribution < -0.4 is 9.47 Å². The van der Waals surface area contributed by atoms with Crippen molar-refractivity contribution < 1.29 is 19.1 Å². The monoisotopic (exact) mass is 673 g/mol. The van der Waals surface area contributed by atoms with Gasteiger partial charge in [0.25, 0.3) is 0 Å². The molecule has 0 N–H and O–H groups in total. The van der Waals surface area contributed by atoms with E-state index in [4.69, 9.17) is 21.1 Å². The third-order valence-corrected chi connectivity index (χ3v) is 10.4. The summed E-state index contributed by atoms with van der Waals surface area (Å²) in [6.07, 6.45) is 2.31. The van der Waals surface area contributed by atoms with Crippen LogP contribution >= 0.6 is 11.6 Å². The number of hydrogen-bond donors (Lipinski definition) is 0. The molecular weight excluding hydrogens is 630 g/mol. The van der Waals surface area contributed by atoms with Gasteiger partial charge in [-0.1, -0.05) is 112 Å². The van der Waals surface area contributed by atoms with Crippen molar-refractivity contribution in [3.63, 3.8) is 0 Å². The zero-order valence-electron chi connectivity index (χ0n) is 29.1. The number of nitrogens with zero attached hydrogens (tertiary/aromatic N) is 1. The largest absolute Gasteiger partial charge is 0.490 e. The molecule has 6 heteroatoms. The molecule has 3 aliphatic rings. The number of rotatable bonds is 8. The molecule has 0 radical (unpaired) electrons. The molecule has 252 valence electrons. The summed E-state index contributed by atoms with van der Waals surface area (Å²) in [7, 11) is 0. The Morgan fingerprint density at radius 2 is 1.37 bits per heavy atom. The van der Waals surface area contributed by atoms with E-state index in [1.807, 2.05) is 55.5 Å². The highest BCUT2D eigenvalue weighted by Crippen LogP contribution is 2.56. The van der Waals surface area contributed by atoms with E-state index in [0.717, 1.165) is 51.7 Å². The maximum absolute atomic E-state index is 14.4. The Balaban J connectivity index is 1.36. The van der Waals surface area contributed by atoms with Gasteiger partial charge in [0.1, 0.15) is 6.61 Å². The molecule has 0 unspecified atom stereocenters. The van der Waals surface area contributed by atoms with Gasteiger partial charge in [-0.2, -0.15) is 0 Å². The smallest absolute Gasteiger partial charge is 0.180 e. The minimum absolute atomic E-state index is 0.0869. The number of halogens is 1. The van der Waals surface area contributed by atoms with Crippen molar-refractivity contribution in [3.05, 3.63) is 129 Å². The Labute approximate surface area is 294 Å². The lowest BCUT2D eigenvalue weighted by Gasteiger charge is -2.49. The first-order valence-electron chi connectivity index (χ1n) is 17.3. The molecule has 0 bridgehead atoms. The quantitative estimate of drug-likeness (QED) is 0.186. The van der Waals surface area contributed by atoms with E-state index < -0.39 is 5.92 Å². The molecular formula is C43H44ClNO4. The van der Waals surface area contributed by atoms with Gasteiger partial charge in [-0.25, -0.2) is 0 Å². The van der Waals surface area contributed by atoms with Crippen molar-refractivity contribution in [2.45, 2.75) is 79.4 Å². The molecule has 0 amide bonds. The number of hydrogen-bond acceptors (Lipinski definition) is 5. The third kappa shape index (κ3) is 6.41. The summed E-state index contributed by atoms with van der Waals surface area (Å²) in [5, 5.41) is 2.65. The molecule has 7 rings (SSSR count). The topological polar surface area (TPSA) is 55.8 Å². The first-order valence-corrected chi connectivity index (χ1v) is 17.7. The maximum Gasteiger partial charge on any atom is 0.180 e. The molecule has 1 aliphatic heterocycles. The Morgan fingerprint density at radius 1 is 0.755 bits per heavy atom. The highest BCUT2D eigenvalue weighted by molar-refractivity contribution is 6.32. The second-order valence-electron chi connectivity index (χ2n) is 15.3. The van der Waals surface area contributed by atoms with Crippen LogP contribution in [-0.4, -0.2) is 23.1 Å². The highest BCUT2D eigenvalue weighted by Gasteiger charge is 2.49. The van der Waals surface area contributed by atoms with Gasteiger partial charge in [0, 0.05) is 47.8 Å². The molecule has 5 nitrogen and oxygen atoms in total. The Kier molecular flexibility index (Phi) is 8.69. The van der Waals surface area contributed by atoms with Crippen LogP contribution in [0, 0.1) is 10.8 Å². The summed E-state index contributed by atoms with van der Waals surface area (Å²) in [5.41, 5.74) is 6.00. The lowest BCUT2D eigenvalue weighted by atomic mass is 9.63. The summed E-state index contributed by atoms with van der Waals surface area (Å²) >= 11 is 7.11. The second-order valence-corrected chi connectivity index (χ2v) is 15.7. The van der Waals surface area contributed by atoms with Crippen LogP contribution in [0.1, 0.15) is 82.9 Å². The number of ether oxygens (including phenoxy) is 2. The molecule has 1 heterocycles. The van der Waals surface area contributed by atoms with E-state index in [1.54, 1.807) is 0 Å². The fourth-order valence-corrected chi connectivity index (χ4v) is 8.34. The average Bonchev–Trinajstić information content (AvgIpc) is 3.04. The van der Waals surface area contributed by atoms with Crippen molar-refractivity contribution in [2.75, 3.05) is 6.61 Å². The number of Topliss-reactive ketones (excluding diaryl/α,β-unsaturated/α-hetero) is 2. The van der Waals surface area contributed by atoms with Gasteiger partial charge < -0.3 is 14.4 Å². The van der Waals surface area contributed by atoms with Crippen molar-refractivity contribution in [3.8, 4) is 11.5 Å². The SMILES string of the molecule is CCOc1cc(C2C3=C(CC(C)(C)CC3=O)N(Cc3ccccc3)C3=C2C(=O)CC(C)(C)C3)cc(Cl)c1OCc1cccc2ccccc12. The summed E-state index contributed by atoms with van der Waals surface area (Å²) in [4.78, 5) is 31.0. The first-order chi connectivity index (χ1) is 23.4. The van der Waals surface area contributed by atoms with Crippen molar-refractivity contribution in [2.24, 2.45) is 10.8 Å². The second kappa shape index (κ2) is 12.8. The van der Waals surface area contributed by atoms with Crippen LogP contribution in [-0.2, 0) is 22.7 Å². The predicted octanol–water partition coefficient (Wildman–Crippen LogP) is 10.4. The van der Waals surface area contributed by atoms with E-state index in [1.165, 1.54) is 0 Å². The number of allylic oxidation sites excluding steroid dienone is 4. The van der Waals surface area contributed by atoms with E-state index in [9.17, 15) is 9.59 Å². The Hall–Kier alpha value is -4.35. The molecule has 4 aromatic rings. The van der Waals surface area contributed by atoms with Crippen LogP contribution in [0.2, 0.25) is 5.02 Å². The zero-order chi connectivity index (χ0) is 34.5. The average molecular weight is 674 g/mol. The molecule has 4 aromatic carbocycles. The fourth-order valence-electron chi connectivity index (χ4n) is 8.06. The van der Waals surface area contributed by atoms with E-state index in [0.29, 0.717) is 60.3 Å². The third-order valence-electron chi connectivity index (χ3n) is 10.1. The van der Waals surface area contributed by atoms with Crippen LogP contribution in [0.4, 0.5) is 0 Å². The van der Waals surface area contributed by atoms with Gasteiger partial charge in [0.15, 0.2) is 23.1 Å². The Morgan fingerprint density at radius 3 is 2.02 bits per heavy atom. The standard InChI is InChI=1S/C43H44ClNO4/c1-6-48-37-20-30(19-32(44)41(37)49-26-29-17-12-16-28-15-10-11-18-31(28)29)38-39-33(21-42(2,3)23-35(39)46)45(25-27-13-8-7-9-14-27)34-22-43(4,5)24-36(47)40(34)38/h7-20,38H,6,21-26H2,1-5H3. The fraction of sp³-hybridized carbons (Fsp3) is 0.349. The number of ketones is 2. The normalized spacial score (nSPS) is 18.9. The highest BCUT2D eigenvalue weighted by atomic mass is 35.5. The number of fused-ring (bicyclic) bond motifs is 1. The van der Waals surface area contributed by atoms with Crippen LogP contribution in [0.15, 0.2) is 107 Å². The van der Waals surface area contributed by atoms with Gasteiger partial charge >= 0.3 is 0 Å². The molecule has 49 heavy (non-hydrogen) atoms. The maximum atomic E-state index is 14.4. The van der Waals surface area contributed by atoms with Crippen LogP contribution in [0.3, 0.4) is 0 Å². The summed E-state index contributed by atoms with van der Waals surface area (Å²) in [5.74, 6) is 0.603. The van der Waals surface area contributed by atoms with Crippen LogP contribution in [0.25, 0.3) is 10.8 Å². The van der Waals surface area contributed by atoms with Crippen molar-refractivity contribution in [1.29, 1.82) is 0 Å². The minimum Gasteiger partial charge on any atom is -0.490 e. The van der Waals surface area contributed by atoms with Gasteiger partial charge in [0.05, 0.1) is 11.6 Å². The van der Waals surface area contributed by atoms with Crippen molar-refractivity contribution in [1.82, 2.24) is 4.90 Å². The molecule has 0 saturated carbocycles. The minimum atomic E-state index is -0.534. The number of carbonyl (C=O) groups is 2. The molecule has 0 atom stereocenters. The predicted molar refractivity (Wildman–Crippen MR) is 196 cm³/mol. The number of carbonyl (C=O) groups excluding carboxylic acids is 2. The van der Waals surface area contributed by atoms with Gasteiger partial charge in [0.2, 0.25) is 0 Å². The van der Waals surface area contributed by atoms with E-state index in [2.05, 4.69) is 69.0 Å². The van der Waals surface area contributed by atoms with Gasteiger partial charge in [-0.3, -0.25) is 9.59 Å². The lowest BCUT2D eigenvalue weighted by Crippen LogP contribution is -2.44. The summed E-state index contributed by atoms with van der Waals surface area (Å²) < 4.78 is 12.6. The summed E-state index contributed by atoms with van der Waals surface area (Å²) in [6.45, 7) is 11.9. The van der Waals surface area contributed by atoms with E-state index >= 15 is 0 Å². The van der Waals surface area contributed by atoms with Crippen LogP contribution in [0.5, 0.6) is 11.5 Å². The lowest BCUT2D eigenvalue weighted by molar-refractivity contribution is -0.119. The van der Waals surface area contributed by atoms with Gasteiger partial charge in [-0.15, -0.1) is 0 Å². The first kappa shape index (κ1) is 33.2. The van der Waals surface area contributed by atoms with E-state index in [-0.39, 0.29) is 22.4 Å². The zero-order valence-corrected chi connectivity index (χ0v) is 29.8. The van der Waals surface area contributed by atoms with Crippen molar-refractivity contribution >= 4 is 33.9 Å². The molecule has 0 fully saturated rings. The summed E-state index contributed by atoms with van der Waals surface area (Å²) in [6, 6.07) is 28.6. The number of benzene rings is 4. The Bertz CT molecular complexity index is 1960. The molecule has 0 aromatic heterocycles. The molecule has 0 saturated heterocycles. The van der Waals surface area contributed by atoms with Gasteiger partial charge in [-0.05, 0) is 70.2 Å². The molecule has 0 spiro atoms.